The standard InChI is InChI=1S/C34H66O4/c1-7-13-17-19-20-22-26-32(34(36)38-28-30(12-6)24-16-10-4)31(25-21-18-14-8-2)33(35)37-27-29(11-5)23-15-9-3/h29-32H,7-28H2,1-6H3. The van der Waals surface area contributed by atoms with Crippen molar-refractivity contribution in [3.05, 3.63) is 0 Å². The smallest absolute Gasteiger partial charge is 0.309 e. The molecule has 0 amide bonds. The minimum Gasteiger partial charge on any atom is -0.465 e. The molecule has 4 nitrogen and oxygen atoms in total. The van der Waals surface area contributed by atoms with Crippen molar-refractivity contribution in [3.8, 4) is 0 Å². The molecule has 0 N–H and O–H groups in total. The first-order chi connectivity index (χ1) is 18.5. The average Bonchev–Trinajstić information content (AvgIpc) is 2.93. The summed E-state index contributed by atoms with van der Waals surface area (Å²) in [4.78, 5) is 27.1. The second-order valence-corrected chi connectivity index (χ2v) is 11.7. The van der Waals surface area contributed by atoms with Crippen LogP contribution in [0.15, 0.2) is 0 Å². The van der Waals surface area contributed by atoms with Gasteiger partial charge in [-0.15, -0.1) is 0 Å². The van der Waals surface area contributed by atoms with E-state index in [1.807, 2.05) is 0 Å². The van der Waals surface area contributed by atoms with Crippen molar-refractivity contribution < 1.29 is 19.1 Å². The predicted octanol–water partition coefficient (Wildman–Crippen LogP) is 10.5. The maximum atomic E-state index is 13.5. The first-order valence-corrected chi connectivity index (χ1v) is 16.8. The molecule has 0 aliphatic carbocycles. The maximum Gasteiger partial charge on any atom is 0.309 e. The Morgan fingerprint density at radius 2 is 0.789 bits per heavy atom. The molecule has 0 rings (SSSR count). The molecule has 0 radical (unpaired) electrons. The van der Waals surface area contributed by atoms with Crippen LogP contribution in [0.2, 0.25) is 0 Å². The lowest BCUT2D eigenvalue weighted by molar-refractivity contribution is -0.163. The van der Waals surface area contributed by atoms with Gasteiger partial charge in [0, 0.05) is 0 Å². The Kier molecular flexibility index (Phi) is 25.4. The highest BCUT2D eigenvalue weighted by molar-refractivity contribution is 5.82. The Morgan fingerprint density at radius 1 is 0.447 bits per heavy atom. The van der Waals surface area contributed by atoms with Crippen LogP contribution in [0.5, 0.6) is 0 Å². The van der Waals surface area contributed by atoms with Crippen LogP contribution in [0.25, 0.3) is 0 Å². The van der Waals surface area contributed by atoms with E-state index >= 15 is 0 Å². The molecule has 0 saturated carbocycles. The molecule has 0 aromatic rings. The molecule has 0 aliphatic heterocycles. The summed E-state index contributed by atoms with van der Waals surface area (Å²) in [6, 6.07) is 0. The molecule has 226 valence electrons. The summed E-state index contributed by atoms with van der Waals surface area (Å²) in [6.07, 6.45) is 21.8. The van der Waals surface area contributed by atoms with Crippen LogP contribution in [0, 0.1) is 23.7 Å². The van der Waals surface area contributed by atoms with Crippen LogP contribution in [0.1, 0.15) is 170 Å². The lowest BCUT2D eigenvalue weighted by Gasteiger charge is -2.26. The van der Waals surface area contributed by atoms with Crippen molar-refractivity contribution in [2.24, 2.45) is 23.7 Å². The molecule has 38 heavy (non-hydrogen) atoms. The summed E-state index contributed by atoms with van der Waals surface area (Å²) in [5, 5.41) is 0. The Labute approximate surface area is 237 Å². The van der Waals surface area contributed by atoms with Crippen molar-refractivity contribution >= 4 is 11.9 Å². The molecule has 4 heteroatoms. The first-order valence-electron chi connectivity index (χ1n) is 16.8. The third-order valence-electron chi connectivity index (χ3n) is 8.34. The van der Waals surface area contributed by atoms with Gasteiger partial charge in [0.1, 0.15) is 0 Å². The zero-order valence-electron chi connectivity index (χ0n) is 26.5. The number of esters is 2. The van der Waals surface area contributed by atoms with E-state index in [2.05, 4.69) is 41.5 Å². The summed E-state index contributed by atoms with van der Waals surface area (Å²) in [5.74, 6) is -0.268. The Balaban J connectivity index is 5.49. The summed E-state index contributed by atoms with van der Waals surface area (Å²) in [7, 11) is 0. The molecule has 0 saturated heterocycles. The molecule has 0 fully saturated rings. The van der Waals surface area contributed by atoms with E-state index in [1.54, 1.807) is 0 Å². The summed E-state index contributed by atoms with van der Waals surface area (Å²) in [6.45, 7) is 14.2. The van der Waals surface area contributed by atoms with Gasteiger partial charge in [-0.2, -0.15) is 0 Å². The summed E-state index contributed by atoms with van der Waals surface area (Å²) >= 11 is 0. The third kappa shape index (κ3) is 18.3. The van der Waals surface area contributed by atoms with E-state index in [1.165, 1.54) is 44.9 Å². The van der Waals surface area contributed by atoms with Crippen LogP contribution in [-0.4, -0.2) is 25.2 Å². The normalized spacial score (nSPS) is 14.6. The monoisotopic (exact) mass is 538 g/mol. The van der Waals surface area contributed by atoms with Crippen molar-refractivity contribution in [1.29, 1.82) is 0 Å². The summed E-state index contributed by atoms with van der Waals surface area (Å²) < 4.78 is 11.9. The highest BCUT2D eigenvalue weighted by Crippen LogP contribution is 2.29. The van der Waals surface area contributed by atoms with Crippen LogP contribution in [0.3, 0.4) is 0 Å². The quantitative estimate of drug-likeness (QED) is 0.0771. The number of ether oxygens (including phenoxy) is 2. The van der Waals surface area contributed by atoms with E-state index in [-0.39, 0.29) is 23.8 Å². The Hall–Kier alpha value is -1.06. The number of hydrogen-bond acceptors (Lipinski definition) is 4. The number of unbranched alkanes of at least 4 members (excludes halogenated alkanes) is 10. The second-order valence-electron chi connectivity index (χ2n) is 11.7. The van der Waals surface area contributed by atoms with Gasteiger partial charge in [-0.3, -0.25) is 9.59 Å². The Morgan fingerprint density at radius 3 is 1.16 bits per heavy atom. The fourth-order valence-corrected chi connectivity index (χ4v) is 5.31. The van der Waals surface area contributed by atoms with Gasteiger partial charge >= 0.3 is 11.9 Å². The van der Waals surface area contributed by atoms with Gasteiger partial charge in [-0.25, -0.2) is 0 Å². The molecular weight excluding hydrogens is 472 g/mol. The Bertz CT molecular complexity index is 547. The lowest BCUT2D eigenvalue weighted by atomic mass is 9.83. The molecule has 0 aromatic carbocycles. The first kappa shape index (κ1) is 36.9. The van der Waals surface area contributed by atoms with Gasteiger partial charge < -0.3 is 9.47 Å². The van der Waals surface area contributed by atoms with E-state index in [9.17, 15) is 9.59 Å². The average molecular weight is 539 g/mol. The van der Waals surface area contributed by atoms with Crippen LogP contribution in [0.4, 0.5) is 0 Å². The number of carbonyl (C=O) groups is 2. The number of carbonyl (C=O) groups excluding carboxylic acids is 2. The van der Waals surface area contributed by atoms with Crippen molar-refractivity contribution in [3.63, 3.8) is 0 Å². The SMILES string of the molecule is CCCCCCCCC(C(=O)OCC(CC)CCCC)C(CCCCCC)C(=O)OCC(CC)CCCC. The van der Waals surface area contributed by atoms with Gasteiger partial charge in [-0.1, -0.05) is 144 Å². The highest BCUT2D eigenvalue weighted by Gasteiger charge is 2.35. The van der Waals surface area contributed by atoms with Crippen molar-refractivity contribution in [1.82, 2.24) is 0 Å². The van der Waals surface area contributed by atoms with E-state index in [0.29, 0.717) is 25.0 Å². The maximum absolute atomic E-state index is 13.5. The van der Waals surface area contributed by atoms with Crippen LogP contribution >= 0.6 is 0 Å². The van der Waals surface area contributed by atoms with Gasteiger partial charge in [0.15, 0.2) is 0 Å². The van der Waals surface area contributed by atoms with Crippen molar-refractivity contribution in [2.75, 3.05) is 13.2 Å². The molecular formula is C34H66O4. The van der Waals surface area contributed by atoms with E-state index in [4.69, 9.17) is 9.47 Å². The fourth-order valence-electron chi connectivity index (χ4n) is 5.31. The number of hydrogen-bond donors (Lipinski definition) is 0. The van der Waals surface area contributed by atoms with Crippen LogP contribution < -0.4 is 0 Å². The number of rotatable bonds is 27. The highest BCUT2D eigenvalue weighted by atomic mass is 16.5. The van der Waals surface area contributed by atoms with Crippen LogP contribution in [-0.2, 0) is 19.1 Å². The topological polar surface area (TPSA) is 52.6 Å². The molecule has 0 spiro atoms. The molecule has 4 unspecified atom stereocenters. The van der Waals surface area contributed by atoms with E-state index < -0.39 is 0 Å². The minimum absolute atomic E-state index is 0.163. The predicted molar refractivity (Wildman–Crippen MR) is 162 cm³/mol. The summed E-state index contributed by atoms with van der Waals surface area (Å²) in [5.41, 5.74) is 0. The van der Waals surface area contributed by atoms with E-state index in [0.717, 1.165) is 83.5 Å². The zero-order chi connectivity index (χ0) is 28.4. The van der Waals surface area contributed by atoms with Gasteiger partial charge in [0.2, 0.25) is 0 Å². The molecule has 0 heterocycles. The largest absolute Gasteiger partial charge is 0.465 e. The van der Waals surface area contributed by atoms with Gasteiger partial charge in [0.05, 0.1) is 25.0 Å². The minimum atomic E-state index is -0.380. The van der Waals surface area contributed by atoms with Crippen molar-refractivity contribution in [2.45, 2.75) is 170 Å². The third-order valence-corrected chi connectivity index (χ3v) is 8.34. The van der Waals surface area contributed by atoms with Gasteiger partial charge in [-0.05, 0) is 37.5 Å². The van der Waals surface area contributed by atoms with Gasteiger partial charge in [0.25, 0.3) is 0 Å². The molecule has 0 bridgehead atoms. The zero-order valence-corrected chi connectivity index (χ0v) is 26.5. The fraction of sp³-hybridized carbons (Fsp3) is 0.941. The molecule has 0 aromatic heterocycles. The molecule has 0 aliphatic rings. The second kappa shape index (κ2) is 26.2. The molecule has 4 atom stereocenters. The lowest BCUT2D eigenvalue weighted by Crippen LogP contribution is -2.34.